The molecule has 2 aromatic rings. The molecule has 2 aromatic carbocycles. The lowest BCUT2D eigenvalue weighted by molar-refractivity contribution is -0.126. The van der Waals surface area contributed by atoms with Gasteiger partial charge in [-0.2, -0.15) is 0 Å². The molecule has 7 heteroatoms. The molecular weight excluding hydrogens is 339 g/mol. The number of fused-ring (bicyclic) bond motifs is 1. The molecule has 0 N–H and O–H groups in total. The molecule has 1 saturated heterocycles. The van der Waals surface area contributed by atoms with E-state index in [1.807, 2.05) is 6.92 Å². The average molecular weight is 352 g/mol. The van der Waals surface area contributed by atoms with Crippen LogP contribution >= 0.6 is 0 Å². The van der Waals surface area contributed by atoms with Gasteiger partial charge < -0.3 is 4.84 Å². The highest BCUT2D eigenvalue weighted by Gasteiger charge is 2.57. The van der Waals surface area contributed by atoms with Gasteiger partial charge in [0.2, 0.25) is 17.8 Å². The molecule has 2 aliphatic rings. The first-order chi connectivity index (χ1) is 12.5. The van der Waals surface area contributed by atoms with Gasteiger partial charge in [0.15, 0.2) is 0 Å². The van der Waals surface area contributed by atoms with Crippen molar-refractivity contribution in [2.24, 2.45) is 11.1 Å². The summed E-state index contributed by atoms with van der Waals surface area (Å²) in [4.78, 5) is 44.0. The zero-order chi connectivity index (χ0) is 18.4. The predicted molar refractivity (Wildman–Crippen MR) is 90.2 cm³/mol. The smallest absolute Gasteiger partial charge is 0.278 e. The number of nitrogens with zero attached hydrogens (tertiary/aromatic N) is 2. The van der Waals surface area contributed by atoms with Gasteiger partial charge >= 0.3 is 0 Å². The first kappa shape index (κ1) is 16.1. The molecule has 4 rings (SSSR count). The first-order valence-electron chi connectivity index (χ1n) is 7.96. The van der Waals surface area contributed by atoms with E-state index in [-0.39, 0.29) is 11.4 Å². The SMILES string of the molecule is Cc1ccc(C(=O)C2=NO[C@H]3C(=O)N(c4ccc(F)cc4)C(=O)[C@H]23)cc1. The summed E-state index contributed by atoms with van der Waals surface area (Å²) in [5.74, 6) is -3.27. The van der Waals surface area contributed by atoms with Crippen molar-refractivity contribution in [2.75, 3.05) is 4.90 Å². The van der Waals surface area contributed by atoms with Crippen LogP contribution in [-0.4, -0.2) is 29.4 Å². The third-order valence-electron chi connectivity index (χ3n) is 4.44. The van der Waals surface area contributed by atoms with Crippen LogP contribution in [0.3, 0.4) is 0 Å². The van der Waals surface area contributed by atoms with Crippen molar-refractivity contribution < 1.29 is 23.6 Å². The van der Waals surface area contributed by atoms with Crippen LogP contribution in [0.2, 0.25) is 0 Å². The van der Waals surface area contributed by atoms with Crippen LogP contribution in [0, 0.1) is 18.7 Å². The van der Waals surface area contributed by atoms with E-state index in [4.69, 9.17) is 4.84 Å². The number of ketones is 1. The lowest BCUT2D eigenvalue weighted by Crippen LogP contribution is -2.34. The number of rotatable bonds is 3. The standard InChI is InChI=1S/C19H13FN2O4/c1-10-2-4-11(5-3-10)16(23)15-14-17(26-21-15)19(25)22(18(14)24)13-8-6-12(20)7-9-13/h2-9,14,17H,1H3/t14-,17-/m1/s1. The molecule has 0 spiro atoms. The maximum atomic E-state index is 13.1. The number of amides is 2. The molecule has 0 aliphatic carbocycles. The number of oxime groups is 1. The van der Waals surface area contributed by atoms with Gasteiger partial charge in [-0.25, -0.2) is 9.29 Å². The van der Waals surface area contributed by atoms with Crippen molar-refractivity contribution in [1.29, 1.82) is 0 Å². The second kappa shape index (κ2) is 5.87. The highest BCUT2D eigenvalue weighted by molar-refractivity contribution is 6.52. The van der Waals surface area contributed by atoms with Crippen LogP contribution in [-0.2, 0) is 14.4 Å². The minimum atomic E-state index is -1.17. The molecule has 2 amide bonds. The van der Waals surface area contributed by atoms with Crippen LogP contribution in [0.25, 0.3) is 0 Å². The number of hydrogen-bond donors (Lipinski definition) is 0. The molecule has 2 atom stereocenters. The number of carbonyl (C=O) groups is 3. The molecule has 0 unspecified atom stereocenters. The Bertz CT molecular complexity index is 951. The number of halogens is 1. The number of imide groups is 1. The van der Waals surface area contributed by atoms with Crippen molar-refractivity contribution in [3.05, 3.63) is 65.5 Å². The van der Waals surface area contributed by atoms with E-state index >= 15 is 0 Å². The summed E-state index contributed by atoms with van der Waals surface area (Å²) in [7, 11) is 0. The zero-order valence-corrected chi connectivity index (χ0v) is 13.7. The molecule has 0 aromatic heterocycles. The number of aryl methyl sites for hydroxylation is 1. The van der Waals surface area contributed by atoms with E-state index in [0.717, 1.165) is 22.6 Å². The Morgan fingerprint density at radius 3 is 2.35 bits per heavy atom. The van der Waals surface area contributed by atoms with Crippen LogP contribution in [0.4, 0.5) is 10.1 Å². The molecule has 1 fully saturated rings. The molecule has 0 saturated carbocycles. The Kier molecular flexibility index (Phi) is 3.64. The van der Waals surface area contributed by atoms with E-state index in [1.165, 1.54) is 12.1 Å². The molecular formula is C19H13FN2O4. The Morgan fingerprint density at radius 2 is 1.69 bits per heavy atom. The molecule has 2 heterocycles. The van der Waals surface area contributed by atoms with Gasteiger partial charge in [-0.3, -0.25) is 14.4 Å². The largest absolute Gasteiger partial charge is 0.381 e. The van der Waals surface area contributed by atoms with Crippen molar-refractivity contribution in [1.82, 2.24) is 0 Å². The summed E-state index contributed by atoms with van der Waals surface area (Å²) >= 11 is 0. The van der Waals surface area contributed by atoms with Gasteiger partial charge in [0.25, 0.3) is 5.91 Å². The average Bonchev–Trinajstić information content (AvgIpc) is 3.17. The number of anilines is 1. The molecule has 6 nitrogen and oxygen atoms in total. The van der Waals surface area contributed by atoms with Crippen LogP contribution in [0.5, 0.6) is 0 Å². The van der Waals surface area contributed by atoms with Gasteiger partial charge in [0, 0.05) is 5.56 Å². The fraction of sp³-hybridized carbons (Fsp3) is 0.158. The number of hydrogen-bond acceptors (Lipinski definition) is 5. The summed E-state index contributed by atoms with van der Waals surface area (Å²) in [5, 5.41) is 3.70. The van der Waals surface area contributed by atoms with Gasteiger partial charge in [-0.15, -0.1) is 0 Å². The fourth-order valence-corrected chi connectivity index (χ4v) is 3.06. The molecule has 0 bridgehead atoms. The first-order valence-corrected chi connectivity index (χ1v) is 7.96. The lowest BCUT2D eigenvalue weighted by Gasteiger charge is -2.15. The van der Waals surface area contributed by atoms with E-state index < -0.39 is 35.4 Å². The minimum Gasteiger partial charge on any atom is -0.381 e. The van der Waals surface area contributed by atoms with Crippen molar-refractivity contribution in [2.45, 2.75) is 13.0 Å². The quantitative estimate of drug-likeness (QED) is 0.627. The molecule has 2 aliphatic heterocycles. The molecule has 0 radical (unpaired) electrons. The summed E-state index contributed by atoms with van der Waals surface area (Å²) < 4.78 is 13.1. The topological polar surface area (TPSA) is 76.0 Å². The van der Waals surface area contributed by atoms with Crippen molar-refractivity contribution >= 4 is 29.0 Å². The van der Waals surface area contributed by atoms with Gasteiger partial charge in [0.05, 0.1) is 5.69 Å². The van der Waals surface area contributed by atoms with Crippen molar-refractivity contribution in [3.63, 3.8) is 0 Å². The Hall–Kier alpha value is -3.35. The third kappa shape index (κ3) is 2.40. The van der Waals surface area contributed by atoms with Crippen molar-refractivity contribution in [3.8, 4) is 0 Å². The number of Topliss-reactive ketones (excluding diaryl/α,β-unsaturated/α-hetero) is 1. The monoisotopic (exact) mass is 352 g/mol. The fourth-order valence-electron chi connectivity index (χ4n) is 3.06. The number of benzene rings is 2. The van der Waals surface area contributed by atoms with E-state index in [0.29, 0.717) is 5.56 Å². The Balaban J connectivity index is 1.65. The van der Waals surface area contributed by atoms with E-state index in [2.05, 4.69) is 5.16 Å². The number of carbonyl (C=O) groups excluding carboxylic acids is 3. The van der Waals surface area contributed by atoms with Crippen LogP contribution in [0.15, 0.2) is 53.7 Å². The maximum Gasteiger partial charge on any atom is 0.278 e. The Labute approximate surface area is 147 Å². The van der Waals surface area contributed by atoms with E-state index in [9.17, 15) is 18.8 Å². The predicted octanol–water partition coefficient (Wildman–Crippen LogP) is 2.26. The summed E-state index contributed by atoms with van der Waals surface area (Å²) in [6.45, 7) is 1.89. The second-order valence-electron chi connectivity index (χ2n) is 6.16. The molecule has 130 valence electrons. The third-order valence-corrected chi connectivity index (χ3v) is 4.44. The zero-order valence-electron chi connectivity index (χ0n) is 13.7. The van der Waals surface area contributed by atoms with Gasteiger partial charge in [0.1, 0.15) is 17.4 Å². The minimum absolute atomic E-state index is 0.0955. The van der Waals surface area contributed by atoms with Crippen LogP contribution in [0.1, 0.15) is 15.9 Å². The maximum absolute atomic E-state index is 13.1. The summed E-state index contributed by atoms with van der Waals surface area (Å²) in [5.41, 5.74) is 1.47. The van der Waals surface area contributed by atoms with Gasteiger partial charge in [-0.1, -0.05) is 35.0 Å². The normalized spacial score (nSPS) is 21.5. The van der Waals surface area contributed by atoms with Gasteiger partial charge in [-0.05, 0) is 31.2 Å². The highest BCUT2D eigenvalue weighted by Crippen LogP contribution is 2.34. The Morgan fingerprint density at radius 1 is 1.04 bits per heavy atom. The van der Waals surface area contributed by atoms with E-state index in [1.54, 1.807) is 24.3 Å². The second-order valence-corrected chi connectivity index (χ2v) is 6.16. The summed E-state index contributed by atoms with van der Waals surface area (Å²) in [6.07, 6.45) is -1.17. The highest BCUT2D eigenvalue weighted by atomic mass is 19.1. The van der Waals surface area contributed by atoms with Crippen LogP contribution < -0.4 is 4.90 Å². The summed E-state index contributed by atoms with van der Waals surface area (Å²) in [6, 6.07) is 11.8. The lowest BCUT2D eigenvalue weighted by atomic mass is 9.93. The molecule has 26 heavy (non-hydrogen) atoms.